The Kier molecular flexibility index (Phi) is 6.49. The number of carbonyl (C=O) groups excluding carboxylic acids is 1. The molecule has 9 heteroatoms. The van der Waals surface area contributed by atoms with E-state index in [0.717, 1.165) is 76.0 Å². The Morgan fingerprint density at radius 3 is 2.47 bits per heavy atom. The van der Waals surface area contributed by atoms with Crippen LogP contribution in [0.2, 0.25) is 0 Å². The molecule has 4 heterocycles. The van der Waals surface area contributed by atoms with Crippen molar-refractivity contribution >= 4 is 39.4 Å². The number of nitrogens with zero attached hydrogens (tertiary/aromatic N) is 4. The fourth-order valence-electron chi connectivity index (χ4n) is 4.16. The third-order valence-electron chi connectivity index (χ3n) is 6.01. The third kappa shape index (κ3) is 4.77. The van der Waals surface area contributed by atoms with Crippen LogP contribution in [0.1, 0.15) is 16.4 Å². The number of rotatable bonds is 6. The molecule has 0 unspecified atom stereocenters. The molecule has 1 fully saturated rings. The van der Waals surface area contributed by atoms with Gasteiger partial charge in [0, 0.05) is 52.1 Å². The van der Waals surface area contributed by atoms with Gasteiger partial charge in [0.05, 0.1) is 29.6 Å². The SMILES string of the molecule is Cc1nc(-c2cc(C)n(CC(=O)Nc3ccc(-c4csc(N5CCOCC5)n4)cc3)c2C)cs1. The third-order valence-corrected chi connectivity index (χ3v) is 7.68. The zero-order valence-electron chi connectivity index (χ0n) is 19.5. The maximum atomic E-state index is 12.8. The summed E-state index contributed by atoms with van der Waals surface area (Å²) in [6, 6.07) is 9.97. The highest BCUT2D eigenvalue weighted by Gasteiger charge is 2.17. The number of benzene rings is 1. The van der Waals surface area contributed by atoms with E-state index in [0.29, 0.717) is 0 Å². The van der Waals surface area contributed by atoms with Crippen molar-refractivity contribution in [2.45, 2.75) is 27.3 Å². The quantitative estimate of drug-likeness (QED) is 0.403. The summed E-state index contributed by atoms with van der Waals surface area (Å²) >= 11 is 3.29. The maximum Gasteiger partial charge on any atom is 0.244 e. The number of hydrogen-bond donors (Lipinski definition) is 1. The normalized spacial score (nSPS) is 13.9. The van der Waals surface area contributed by atoms with Crippen LogP contribution in [-0.2, 0) is 16.1 Å². The van der Waals surface area contributed by atoms with Crippen LogP contribution in [0.3, 0.4) is 0 Å². The summed E-state index contributed by atoms with van der Waals surface area (Å²) in [7, 11) is 0. The lowest BCUT2D eigenvalue weighted by Gasteiger charge is -2.26. The first-order valence-corrected chi connectivity index (χ1v) is 13.0. The second kappa shape index (κ2) is 9.69. The molecule has 34 heavy (non-hydrogen) atoms. The van der Waals surface area contributed by atoms with E-state index in [9.17, 15) is 4.79 Å². The molecule has 0 saturated carbocycles. The van der Waals surface area contributed by atoms with E-state index in [2.05, 4.69) is 32.0 Å². The van der Waals surface area contributed by atoms with E-state index < -0.39 is 0 Å². The summed E-state index contributed by atoms with van der Waals surface area (Å²) in [6.07, 6.45) is 0. The summed E-state index contributed by atoms with van der Waals surface area (Å²) in [5, 5.41) is 9.23. The van der Waals surface area contributed by atoms with Gasteiger partial charge in [-0.2, -0.15) is 0 Å². The van der Waals surface area contributed by atoms with Crippen LogP contribution in [0, 0.1) is 20.8 Å². The van der Waals surface area contributed by atoms with E-state index in [1.54, 1.807) is 22.7 Å². The van der Waals surface area contributed by atoms with Crippen molar-refractivity contribution < 1.29 is 9.53 Å². The Labute approximate surface area is 207 Å². The topological polar surface area (TPSA) is 72.3 Å². The molecule has 0 aliphatic carbocycles. The summed E-state index contributed by atoms with van der Waals surface area (Å²) < 4.78 is 7.46. The molecule has 0 atom stereocenters. The fraction of sp³-hybridized carbons (Fsp3) is 0.320. The van der Waals surface area contributed by atoms with Crippen molar-refractivity contribution in [1.82, 2.24) is 14.5 Å². The molecule has 1 N–H and O–H groups in total. The molecule has 0 spiro atoms. The molecule has 0 bridgehead atoms. The molecule has 1 saturated heterocycles. The first kappa shape index (κ1) is 22.8. The van der Waals surface area contributed by atoms with Crippen LogP contribution < -0.4 is 10.2 Å². The van der Waals surface area contributed by atoms with Crippen molar-refractivity contribution in [2.75, 3.05) is 36.5 Å². The van der Waals surface area contributed by atoms with Gasteiger partial charge in [0.1, 0.15) is 6.54 Å². The van der Waals surface area contributed by atoms with Crippen LogP contribution >= 0.6 is 22.7 Å². The van der Waals surface area contributed by atoms with Crippen LogP contribution in [-0.4, -0.2) is 46.7 Å². The van der Waals surface area contributed by atoms with Crippen LogP contribution in [0.15, 0.2) is 41.1 Å². The second-order valence-electron chi connectivity index (χ2n) is 8.36. The highest BCUT2D eigenvalue weighted by atomic mass is 32.1. The number of nitrogens with one attached hydrogen (secondary N) is 1. The zero-order chi connectivity index (χ0) is 23.7. The van der Waals surface area contributed by atoms with Gasteiger partial charge in [0.2, 0.25) is 5.91 Å². The van der Waals surface area contributed by atoms with Crippen LogP contribution in [0.4, 0.5) is 10.8 Å². The van der Waals surface area contributed by atoms with Gasteiger partial charge >= 0.3 is 0 Å². The van der Waals surface area contributed by atoms with E-state index in [1.807, 2.05) is 49.6 Å². The lowest BCUT2D eigenvalue weighted by molar-refractivity contribution is -0.116. The standard InChI is InChI=1S/C25H27N5O2S2/c1-16-12-21(23-15-33-18(3)26-23)17(2)30(16)13-24(31)27-20-6-4-19(5-7-20)22-14-34-25(28-22)29-8-10-32-11-9-29/h4-7,12,14-15H,8-11,13H2,1-3H3,(H,27,31). The maximum absolute atomic E-state index is 12.8. The smallest absolute Gasteiger partial charge is 0.244 e. The average molecular weight is 494 g/mol. The van der Waals surface area contributed by atoms with E-state index in [4.69, 9.17) is 9.72 Å². The molecule has 4 aromatic rings. The average Bonchev–Trinajstić information content (AvgIpc) is 3.56. The van der Waals surface area contributed by atoms with Crippen molar-refractivity contribution in [3.8, 4) is 22.5 Å². The van der Waals surface area contributed by atoms with E-state index in [1.165, 1.54) is 0 Å². The monoisotopic (exact) mass is 493 g/mol. The Balaban J connectivity index is 1.24. The number of amides is 1. The number of thiazole rings is 2. The van der Waals surface area contributed by atoms with Crippen LogP contribution in [0.5, 0.6) is 0 Å². The molecule has 1 aliphatic rings. The predicted molar refractivity (Wildman–Crippen MR) is 139 cm³/mol. The summed E-state index contributed by atoms with van der Waals surface area (Å²) in [6.45, 7) is 9.58. The van der Waals surface area contributed by atoms with Gasteiger partial charge in [-0.15, -0.1) is 22.7 Å². The largest absolute Gasteiger partial charge is 0.378 e. The lowest BCUT2D eigenvalue weighted by Crippen LogP contribution is -2.36. The van der Waals surface area contributed by atoms with Gasteiger partial charge in [-0.25, -0.2) is 9.97 Å². The molecule has 1 amide bonds. The Hall–Kier alpha value is -3.01. The van der Waals surface area contributed by atoms with Gasteiger partial charge in [0.25, 0.3) is 0 Å². The number of aryl methyl sites for hydroxylation is 2. The van der Waals surface area contributed by atoms with Gasteiger partial charge in [0.15, 0.2) is 5.13 Å². The number of ether oxygens (including phenoxy) is 1. The first-order valence-electron chi connectivity index (χ1n) is 11.3. The van der Waals surface area contributed by atoms with E-state index in [-0.39, 0.29) is 12.5 Å². The molecule has 0 radical (unpaired) electrons. The Morgan fingerprint density at radius 2 is 1.76 bits per heavy atom. The van der Waals surface area contributed by atoms with Crippen molar-refractivity contribution in [3.63, 3.8) is 0 Å². The predicted octanol–water partition coefficient (Wildman–Crippen LogP) is 5.14. The number of anilines is 2. The zero-order valence-corrected chi connectivity index (χ0v) is 21.1. The Morgan fingerprint density at radius 1 is 1.03 bits per heavy atom. The lowest BCUT2D eigenvalue weighted by atomic mass is 10.1. The number of morpholine rings is 1. The molecular formula is C25H27N5O2S2. The minimum absolute atomic E-state index is 0.0566. The first-order chi connectivity index (χ1) is 16.5. The second-order valence-corrected chi connectivity index (χ2v) is 10.3. The summed E-state index contributed by atoms with van der Waals surface area (Å²) in [4.78, 5) is 24.4. The Bertz CT molecular complexity index is 1300. The van der Waals surface area contributed by atoms with Gasteiger partial charge in [-0.3, -0.25) is 4.79 Å². The van der Waals surface area contributed by atoms with Crippen LogP contribution in [0.25, 0.3) is 22.5 Å². The number of aromatic nitrogens is 3. The van der Waals surface area contributed by atoms with Gasteiger partial charge in [-0.1, -0.05) is 12.1 Å². The summed E-state index contributed by atoms with van der Waals surface area (Å²) in [5.41, 5.74) is 6.91. The molecular weight excluding hydrogens is 466 g/mol. The molecule has 1 aliphatic heterocycles. The van der Waals surface area contributed by atoms with Crippen molar-refractivity contribution in [3.05, 3.63) is 57.5 Å². The molecule has 176 valence electrons. The molecule has 1 aromatic carbocycles. The fourth-order valence-corrected chi connectivity index (χ4v) is 5.66. The van der Waals surface area contributed by atoms with Gasteiger partial charge < -0.3 is 19.5 Å². The van der Waals surface area contributed by atoms with E-state index >= 15 is 0 Å². The van der Waals surface area contributed by atoms with Crippen molar-refractivity contribution in [2.24, 2.45) is 0 Å². The highest BCUT2D eigenvalue weighted by molar-refractivity contribution is 7.14. The summed E-state index contributed by atoms with van der Waals surface area (Å²) in [5.74, 6) is -0.0566. The number of hydrogen-bond acceptors (Lipinski definition) is 7. The minimum atomic E-state index is -0.0566. The van der Waals surface area contributed by atoms with Crippen molar-refractivity contribution in [1.29, 1.82) is 0 Å². The highest BCUT2D eigenvalue weighted by Crippen LogP contribution is 2.30. The number of carbonyl (C=O) groups is 1. The molecule has 5 rings (SSSR count). The molecule has 7 nitrogen and oxygen atoms in total. The van der Waals surface area contributed by atoms with Gasteiger partial charge in [-0.05, 0) is 39.0 Å². The molecule has 3 aromatic heterocycles. The minimum Gasteiger partial charge on any atom is -0.378 e.